The summed E-state index contributed by atoms with van der Waals surface area (Å²) in [5.74, 6) is -2.50. The van der Waals surface area contributed by atoms with Crippen molar-refractivity contribution >= 4 is 0 Å². The van der Waals surface area contributed by atoms with Gasteiger partial charge in [-0.3, -0.25) is 4.90 Å². The molecule has 2 aliphatic heterocycles. The van der Waals surface area contributed by atoms with Gasteiger partial charge in [0.1, 0.15) is 0 Å². The molecule has 0 aliphatic carbocycles. The normalized spacial score (nSPS) is 37.9. The van der Waals surface area contributed by atoms with Crippen LogP contribution in [0.25, 0.3) is 0 Å². The van der Waals surface area contributed by atoms with Gasteiger partial charge in [0.05, 0.1) is 12.6 Å². The molecule has 2 rings (SSSR count). The van der Waals surface area contributed by atoms with Crippen molar-refractivity contribution < 1.29 is 13.9 Å². The Hall–Kier alpha value is -0.260. The molecule has 3 nitrogen and oxygen atoms in total. The Labute approximate surface area is 82.1 Å². The highest BCUT2D eigenvalue weighted by Crippen LogP contribution is 2.27. The van der Waals surface area contributed by atoms with Crippen LogP contribution in [-0.2, 0) is 0 Å². The second kappa shape index (κ2) is 3.72. The van der Waals surface area contributed by atoms with E-state index in [1.54, 1.807) is 4.90 Å². The van der Waals surface area contributed by atoms with E-state index in [0.29, 0.717) is 26.1 Å². The standard InChI is InChI=1S/C9H16F2N2O/c10-9(11)1-2-13(6-9)5-7-3-8(14)4-12-7/h7-8,12,14H,1-6H2. The highest BCUT2D eigenvalue weighted by atomic mass is 19.3. The molecule has 2 unspecified atom stereocenters. The third kappa shape index (κ3) is 2.40. The van der Waals surface area contributed by atoms with Crippen LogP contribution in [0, 0.1) is 0 Å². The Balaban J connectivity index is 1.76. The topological polar surface area (TPSA) is 35.5 Å². The fourth-order valence-corrected chi connectivity index (χ4v) is 2.21. The summed E-state index contributed by atoms with van der Waals surface area (Å²) >= 11 is 0. The maximum absolute atomic E-state index is 12.8. The van der Waals surface area contributed by atoms with Crippen molar-refractivity contribution in [3.05, 3.63) is 0 Å². The van der Waals surface area contributed by atoms with Gasteiger partial charge in [-0.15, -0.1) is 0 Å². The number of aliphatic hydroxyl groups is 1. The van der Waals surface area contributed by atoms with Crippen LogP contribution in [0.15, 0.2) is 0 Å². The molecule has 82 valence electrons. The Morgan fingerprint density at radius 1 is 1.50 bits per heavy atom. The smallest absolute Gasteiger partial charge is 0.261 e. The van der Waals surface area contributed by atoms with E-state index in [-0.39, 0.29) is 25.1 Å². The number of β-amino-alcohol motifs (C(OH)–C–C–N with tert-alkyl or cyclic N) is 1. The zero-order valence-electron chi connectivity index (χ0n) is 8.05. The Morgan fingerprint density at radius 2 is 2.29 bits per heavy atom. The van der Waals surface area contributed by atoms with Gasteiger partial charge in [0, 0.05) is 32.1 Å². The monoisotopic (exact) mass is 206 g/mol. The Kier molecular flexibility index (Phi) is 2.72. The summed E-state index contributed by atoms with van der Waals surface area (Å²) in [6, 6.07) is 0.180. The summed E-state index contributed by atoms with van der Waals surface area (Å²) in [5, 5.41) is 12.4. The van der Waals surface area contributed by atoms with Gasteiger partial charge in [0.2, 0.25) is 0 Å². The fourth-order valence-electron chi connectivity index (χ4n) is 2.21. The molecule has 2 aliphatic rings. The number of nitrogens with zero attached hydrogens (tertiary/aromatic N) is 1. The van der Waals surface area contributed by atoms with Crippen LogP contribution < -0.4 is 5.32 Å². The van der Waals surface area contributed by atoms with Crippen molar-refractivity contribution in [1.82, 2.24) is 10.2 Å². The molecule has 0 saturated carbocycles. The van der Waals surface area contributed by atoms with Crippen LogP contribution in [0.2, 0.25) is 0 Å². The van der Waals surface area contributed by atoms with Crippen molar-refractivity contribution in [1.29, 1.82) is 0 Å². The molecular weight excluding hydrogens is 190 g/mol. The molecule has 2 saturated heterocycles. The van der Waals surface area contributed by atoms with Gasteiger partial charge in [0.25, 0.3) is 5.92 Å². The second-order valence-electron chi connectivity index (χ2n) is 4.34. The van der Waals surface area contributed by atoms with Crippen molar-refractivity contribution in [2.75, 3.05) is 26.2 Å². The van der Waals surface area contributed by atoms with Crippen LogP contribution in [-0.4, -0.2) is 54.3 Å². The first kappa shape index (κ1) is 10.3. The number of likely N-dealkylation sites (tertiary alicyclic amines) is 1. The minimum atomic E-state index is -2.50. The van der Waals surface area contributed by atoms with E-state index < -0.39 is 5.92 Å². The maximum Gasteiger partial charge on any atom is 0.261 e. The Bertz CT molecular complexity index is 213. The molecule has 0 spiro atoms. The molecule has 5 heteroatoms. The van der Waals surface area contributed by atoms with E-state index in [9.17, 15) is 13.9 Å². The zero-order chi connectivity index (χ0) is 10.2. The number of alkyl halides is 2. The van der Waals surface area contributed by atoms with Crippen molar-refractivity contribution in [2.24, 2.45) is 0 Å². The first-order valence-electron chi connectivity index (χ1n) is 5.07. The average molecular weight is 206 g/mol. The van der Waals surface area contributed by atoms with Crippen LogP contribution in [0.3, 0.4) is 0 Å². The minimum absolute atomic E-state index is 0.0255. The highest BCUT2D eigenvalue weighted by molar-refractivity contribution is 4.88. The third-order valence-electron chi connectivity index (χ3n) is 2.93. The molecule has 0 radical (unpaired) electrons. The quantitative estimate of drug-likeness (QED) is 0.670. The maximum atomic E-state index is 12.8. The summed E-state index contributed by atoms with van der Waals surface area (Å²) in [4.78, 5) is 1.77. The van der Waals surface area contributed by atoms with Gasteiger partial charge >= 0.3 is 0 Å². The predicted octanol–water partition coefficient (Wildman–Crippen LogP) is 0.0502. The highest BCUT2D eigenvalue weighted by Gasteiger charge is 2.39. The molecule has 0 bridgehead atoms. The molecule has 14 heavy (non-hydrogen) atoms. The number of nitrogens with one attached hydrogen (secondary N) is 1. The zero-order valence-corrected chi connectivity index (χ0v) is 8.05. The lowest BCUT2D eigenvalue weighted by molar-refractivity contribution is 0.0115. The van der Waals surface area contributed by atoms with Crippen LogP contribution in [0.4, 0.5) is 8.78 Å². The molecular formula is C9H16F2N2O. The predicted molar refractivity (Wildman–Crippen MR) is 48.4 cm³/mol. The molecule has 0 aromatic rings. The van der Waals surface area contributed by atoms with Crippen molar-refractivity contribution in [3.63, 3.8) is 0 Å². The number of hydrogen-bond donors (Lipinski definition) is 2. The Morgan fingerprint density at radius 3 is 2.79 bits per heavy atom. The summed E-state index contributed by atoms with van der Waals surface area (Å²) < 4.78 is 25.7. The first-order chi connectivity index (χ1) is 6.55. The van der Waals surface area contributed by atoms with Gasteiger partial charge in [-0.1, -0.05) is 0 Å². The summed E-state index contributed by atoms with van der Waals surface area (Å²) in [6.45, 7) is 1.57. The van der Waals surface area contributed by atoms with Gasteiger partial charge in [-0.05, 0) is 6.42 Å². The molecule has 2 atom stereocenters. The average Bonchev–Trinajstić information content (AvgIpc) is 2.59. The van der Waals surface area contributed by atoms with Gasteiger partial charge in [-0.25, -0.2) is 8.78 Å². The third-order valence-corrected chi connectivity index (χ3v) is 2.93. The van der Waals surface area contributed by atoms with Gasteiger partial charge < -0.3 is 10.4 Å². The van der Waals surface area contributed by atoms with Crippen molar-refractivity contribution in [2.45, 2.75) is 30.9 Å². The number of hydrogen-bond acceptors (Lipinski definition) is 3. The second-order valence-corrected chi connectivity index (χ2v) is 4.34. The SMILES string of the molecule is OC1CNC(CN2CCC(F)(F)C2)C1. The number of aliphatic hydroxyl groups excluding tert-OH is 1. The minimum Gasteiger partial charge on any atom is -0.392 e. The lowest BCUT2D eigenvalue weighted by Gasteiger charge is -2.19. The van der Waals surface area contributed by atoms with E-state index in [1.165, 1.54) is 0 Å². The largest absolute Gasteiger partial charge is 0.392 e. The number of halogens is 2. The van der Waals surface area contributed by atoms with Gasteiger partial charge in [0.15, 0.2) is 0 Å². The van der Waals surface area contributed by atoms with Crippen LogP contribution >= 0.6 is 0 Å². The first-order valence-corrected chi connectivity index (χ1v) is 5.07. The fraction of sp³-hybridized carbons (Fsp3) is 1.00. The van der Waals surface area contributed by atoms with Crippen LogP contribution in [0.5, 0.6) is 0 Å². The van der Waals surface area contributed by atoms with E-state index in [4.69, 9.17) is 0 Å². The number of rotatable bonds is 2. The van der Waals surface area contributed by atoms with E-state index in [1.807, 2.05) is 0 Å². The molecule has 2 N–H and O–H groups in total. The molecule has 0 aromatic carbocycles. The molecule has 2 fully saturated rings. The van der Waals surface area contributed by atoms with Crippen molar-refractivity contribution in [3.8, 4) is 0 Å². The van der Waals surface area contributed by atoms with Crippen LogP contribution in [0.1, 0.15) is 12.8 Å². The molecule has 2 heterocycles. The van der Waals surface area contributed by atoms with E-state index >= 15 is 0 Å². The van der Waals surface area contributed by atoms with E-state index in [0.717, 1.165) is 0 Å². The molecule has 0 amide bonds. The summed E-state index contributed by atoms with van der Waals surface area (Å²) in [7, 11) is 0. The van der Waals surface area contributed by atoms with E-state index in [2.05, 4.69) is 5.32 Å². The summed E-state index contributed by atoms with van der Waals surface area (Å²) in [5.41, 5.74) is 0. The van der Waals surface area contributed by atoms with Gasteiger partial charge in [-0.2, -0.15) is 0 Å². The lowest BCUT2D eigenvalue weighted by Crippen LogP contribution is -2.37. The molecule has 0 aromatic heterocycles. The lowest BCUT2D eigenvalue weighted by atomic mass is 10.2. The summed E-state index contributed by atoms with van der Waals surface area (Å²) in [6.07, 6.45) is 0.354.